The largest absolute Gasteiger partial charge is 0.484 e. The van der Waals surface area contributed by atoms with Gasteiger partial charge in [-0.15, -0.1) is 0 Å². The molecule has 2 rings (SSSR count). The topological polar surface area (TPSA) is 65.5 Å². The van der Waals surface area contributed by atoms with Crippen LogP contribution in [0, 0.1) is 13.8 Å². The molecule has 1 aromatic carbocycles. The average Bonchev–Trinajstić information content (AvgIpc) is 2.52. The molecule has 9 heteroatoms. The van der Waals surface area contributed by atoms with Crippen molar-refractivity contribution in [3.8, 4) is 5.75 Å². The van der Waals surface area contributed by atoms with Crippen molar-refractivity contribution in [3.63, 3.8) is 0 Å². The molecular formula is C16H16F3NO4S. The zero-order valence-corrected chi connectivity index (χ0v) is 14.3. The van der Waals surface area contributed by atoms with Crippen LogP contribution in [0.4, 0.5) is 13.2 Å². The fraction of sp³-hybridized carbons (Fsp3) is 0.312. The second-order valence-electron chi connectivity index (χ2n) is 5.31. The lowest BCUT2D eigenvalue weighted by atomic mass is 10.2. The van der Waals surface area contributed by atoms with E-state index in [9.17, 15) is 21.6 Å². The number of hydrogen-bond donors (Lipinski definition) is 0. The number of halogens is 3. The van der Waals surface area contributed by atoms with Crippen LogP contribution in [-0.4, -0.2) is 26.2 Å². The number of aromatic nitrogens is 1. The Hall–Kier alpha value is -2.13. The molecule has 0 amide bonds. The van der Waals surface area contributed by atoms with Crippen molar-refractivity contribution in [2.24, 2.45) is 0 Å². The van der Waals surface area contributed by atoms with Gasteiger partial charge in [0.2, 0.25) is 0 Å². The van der Waals surface area contributed by atoms with E-state index in [1.165, 1.54) is 31.3 Å². The summed E-state index contributed by atoms with van der Waals surface area (Å²) in [5.74, 6) is -0.0290. The number of nitrogens with zero attached hydrogens (tertiary/aromatic N) is 1. The molecule has 0 N–H and O–H groups in total. The van der Waals surface area contributed by atoms with Crippen molar-refractivity contribution in [2.75, 3.05) is 6.61 Å². The van der Waals surface area contributed by atoms with E-state index in [4.69, 9.17) is 8.92 Å². The molecule has 0 radical (unpaired) electrons. The van der Waals surface area contributed by atoms with Gasteiger partial charge >= 0.3 is 6.18 Å². The second kappa shape index (κ2) is 7.40. The third-order valence-corrected chi connectivity index (χ3v) is 4.59. The Morgan fingerprint density at radius 1 is 1.08 bits per heavy atom. The van der Waals surface area contributed by atoms with Crippen molar-refractivity contribution in [1.29, 1.82) is 0 Å². The van der Waals surface area contributed by atoms with Crippen LogP contribution in [0.2, 0.25) is 0 Å². The Kier molecular flexibility index (Phi) is 5.69. The second-order valence-corrected chi connectivity index (χ2v) is 6.93. The minimum absolute atomic E-state index is 0.0137. The highest BCUT2D eigenvalue weighted by atomic mass is 32.2. The Morgan fingerprint density at radius 2 is 1.72 bits per heavy atom. The SMILES string of the molecule is Cc1ccc(S(=O)(=O)OCc2nccc(OCC(F)(F)F)c2C)cc1. The fourth-order valence-electron chi connectivity index (χ4n) is 1.93. The minimum atomic E-state index is -4.47. The molecule has 0 spiro atoms. The van der Waals surface area contributed by atoms with Gasteiger partial charge in [-0.2, -0.15) is 21.6 Å². The summed E-state index contributed by atoms with van der Waals surface area (Å²) in [5.41, 5.74) is 1.35. The summed E-state index contributed by atoms with van der Waals surface area (Å²) in [6.07, 6.45) is -3.24. The van der Waals surface area contributed by atoms with Crippen LogP contribution >= 0.6 is 0 Å². The Bertz CT molecular complexity index is 833. The molecule has 136 valence electrons. The highest BCUT2D eigenvalue weighted by Gasteiger charge is 2.29. The van der Waals surface area contributed by atoms with Gasteiger partial charge in [0, 0.05) is 11.8 Å². The summed E-state index contributed by atoms with van der Waals surface area (Å²) in [4.78, 5) is 3.93. The molecule has 0 aliphatic heterocycles. The lowest BCUT2D eigenvalue weighted by Gasteiger charge is -2.13. The van der Waals surface area contributed by atoms with E-state index in [1.807, 2.05) is 6.92 Å². The third kappa shape index (κ3) is 5.43. The summed E-state index contributed by atoms with van der Waals surface area (Å²) in [6, 6.07) is 7.36. The van der Waals surface area contributed by atoms with Crippen LogP contribution < -0.4 is 4.74 Å². The molecule has 25 heavy (non-hydrogen) atoms. The standard InChI is InChI=1S/C16H16F3NO4S/c1-11-3-5-13(6-4-11)25(21,22)24-9-14-12(2)15(7-8-20-14)23-10-16(17,18)19/h3-8H,9-10H2,1-2H3. The normalized spacial score (nSPS) is 12.2. The van der Waals surface area contributed by atoms with Crippen molar-refractivity contribution in [3.05, 3.63) is 53.3 Å². The van der Waals surface area contributed by atoms with E-state index in [0.29, 0.717) is 0 Å². The number of rotatable bonds is 6. The van der Waals surface area contributed by atoms with Gasteiger partial charge in [0.05, 0.1) is 10.6 Å². The summed E-state index contributed by atoms with van der Waals surface area (Å²) in [7, 11) is -4.00. The van der Waals surface area contributed by atoms with Crippen LogP contribution in [0.15, 0.2) is 41.4 Å². The molecule has 5 nitrogen and oxygen atoms in total. The van der Waals surface area contributed by atoms with Gasteiger partial charge < -0.3 is 4.74 Å². The average molecular weight is 375 g/mol. The summed E-state index contributed by atoms with van der Waals surface area (Å²) >= 11 is 0. The molecule has 0 aliphatic rings. The Balaban J connectivity index is 2.11. The van der Waals surface area contributed by atoms with Crippen molar-refractivity contribution in [1.82, 2.24) is 4.98 Å². The monoisotopic (exact) mass is 375 g/mol. The van der Waals surface area contributed by atoms with Gasteiger partial charge in [-0.3, -0.25) is 9.17 Å². The van der Waals surface area contributed by atoms with Gasteiger partial charge in [-0.25, -0.2) is 0 Å². The quantitative estimate of drug-likeness (QED) is 0.723. The van der Waals surface area contributed by atoms with E-state index in [2.05, 4.69) is 4.98 Å². The van der Waals surface area contributed by atoms with Crippen molar-refractivity contribution in [2.45, 2.75) is 31.5 Å². The summed E-state index contributed by atoms with van der Waals surface area (Å²) < 4.78 is 70.7. The van der Waals surface area contributed by atoms with Crippen LogP contribution in [-0.2, 0) is 20.9 Å². The first kappa shape index (κ1) is 19.2. The van der Waals surface area contributed by atoms with E-state index in [1.54, 1.807) is 12.1 Å². The number of aryl methyl sites for hydroxylation is 1. The van der Waals surface area contributed by atoms with Crippen LogP contribution in [0.5, 0.6) is 5.75 Å². The molecule has 0 bridgehead atoms. The number of benzene rings is 1. The third-order valence-electron chi connectivity index (χ3n) is 3.31. The first-order valence-electron chi connectivity index (χ1n) is 7.18. The zero-order valence-electron chi connectivity index (χ0n) is 13.5. The predicted octanol–water partition coefficient (Wildman–Crippen LogP) is 3.55. The molecule has 0 saturated heterocycles. The number of hydrogen-bond acceptors (Lipinski definition) is 5. The van der Waals surface area contributed by atoms with Crippen LogP contribution in [0.3, 0.4) is 0 Å². The molecule has 0 fully saturated rings. The van der Waals surface area contributed by atoms with Crippen LogP contribution in [0.25, 0.3) is 0 Å². The highest BCUT2D eigenvalue weighted by molar-refractivity contribution is 7.86. The minimum Gasteiger partial charge on any atom is -0.484 e. The molecule has 0 aliphatic carbocycles. The number of alkyl halides is 3. The first-order valence-corrected chi connectivity index (χ1v) is 8.59. The van der Waals surface area contributed by atoms with Crippen LogP contribution in [0.1, 0.15) is 16.8 Å². The van der Waals surface area contributed by atoms with Crippen molar-refractivity contribution >= 4 is 10.1 Å². The van der Waals surface area contributed by atoms with E-state index >= 15 is 0 Å². The zero-order chi connectivity index (χ0) is 18.7. The summed E-state index contributed by atoms with van der Waals surface area (Å²) in [6.45, 7) is 1.44. The van der Waals surface area contributed by atoms with Gasteiger partial charge in [0.25, 0.3) is 10.1 Å². The van der Waals surface area contributed by atoms with Gasteiger partial charge in [0.1, 0.15) is 12.4 Å². The first-order chi connectivity index (χ1) is 11.6. The molecule has 0 atom stereocenters. The predicted molar refractivity (Wildman–Crippen MR) is 83.7 cm³/mol. The van der Waals surface area contributed by atoms with Gasteiger partial charge in [-0.1, -0.05) is 17.7 Å². The smallest absolute Gasteiger partial charge is 0.422 e. The number of ether oxygens (including phenoxy) is 1. The Labute approximate surface area is 143 Å². The highest BCUT2D eigenvalue weighted by Crippen LogP contribution is 2.24. The molecule has 1 aromatic heterocycles. The maximum absolute atomic E-state index is 12.2. The summed E-state index contributed by atoms with van der Waals surface area (Å²) in [5, 5.41) is 0. The van der Waals surface area contributed by atoms with Crippen molar-refractivity contribution < 1.29 is 30.5 Å². The maximum atomic E-state index is 12.2. The fourth-order valence-corrected chi connectivity index (χ4v) is 2.80. The lowest BCUT2D eigenvalue weighted by molar-refractivity contribution is -0.153. The van der Waals surface area contributed by atoms with E-state index in [-0.39, 0.29) is 21.9 Å². The lowest BCUT2D eigenvalue weighted by Crippen LogP contribution is -2.20. The molecule has 1 heterocycles. The molecule has 0 saturated carbocycles. The Morgan fingerprint density at radius 3 is 2.32 bits per heavy atom. The van der Waals surface area contributed by atoms with Gasteiger partial charge in [-0.05, 0) is 32.0 Å². The van der Waals surface area contributed by atoms with Gasteiger partial charge in [0.15, 0.2) is 6.61 Å². The molecular weight excluding hydrogens is 359 g/mol. The van der Waals surface area contributed by atoms with E-state index in [0.717, 1.165) is 5.56 Å². The maximum Gasteiger partial charge on any atom is 0.422 e. The van der Waals surface area contributed by atoms with E-state index < -0.39 is 29.5 Å². The molecule has 0 unspecified atom stereocenters. The number of pyridine rings is 1. The molecule has 2 aromatic rings.